The van der Waals surface area contributed by atoms with Crippen LogP contribution in [0.25, 0.3) is 0 Å². The van der Waals surface area contributed by atoms with E-state index in [4.69, 9.17) is 40.1 Å². The topological polar surface area (TPSA) is 52.9 Å². The summed E-state index contributed by atoms with van der Waals surface area (Å²) in [5.41, 5.74) is 1.00. The van der Waals surface area contributed by atoms with E-state index in [2.05, 4.69) is 5.32 Å². The molecule has 1 amide bonds. The summed E-state index contributed by atoms with van der Waals surface area (Å²) in [5, 5.41) is 12.7. The molecule has 0 atom stereocenters. The van der Waals surface area contributed by atoms with E-state index in [9.17, 15) is 4.79 Å². The van der Waals surface area contributed by atoms with Crippen molar-refractivity contribution in [3.63, 3.8) is 0 Å². The number of carbonyl (C=O) groups is 1. The molecular formula is C14H7Cl3N2O. The van der Waals surface area contributed by atoms with Gasteiger partial charge in [0.2, 0.25) is 0 Å². The molecule has 0 aliphatic heterocycles. The summed E-state index contributed by atoms with van der Waals surface area (Å²) in [6.07, 6.45) is 0. The van der Waals surface area contributed by atoms with Crippen molar-refractivity contribution in [3.8, 4) is 6.07 Å². The van der Waals surface area contributed by atoms with Gasteiger partial charge in [0.15, 0.2) is 0 Å². The molecule has 0 heterocycles. The second kappa shape index (κ2) is 6.15. The summed E-state index contributed by atoms with van der Waals surface area (Å²) < 4.78 is 0. The SMILES string of the molecule is N#Cc1ccc(Cl)cc1NC(=O)c1ccc(Cl)c(Cl)c1. The molecule has 100 valence electrons. The van der Waals surface area contributed by atoms with Gasteiger partial charge < -0.3 is 5.32 Å². The van der Waals surface area contributed by atoms with Crippen LogP contribution in [-0.4, -0.2) is 5.91 Å². The first-order valence-electron chi connectivity index (χ1n) is 5.47. The van der Waals surface area contributed by atoms with Gasteiger partial charge in [0, 0.05) is 10.6 Å². The smallest absolute Gasteiger partial charge is 0.255 e. The number of hydrogen-bond acceptors (Lipinski definition) is 2. The first-order valence-corrected chi connectivity index (χ1v) is 6.60. The van der Waals surface area contributed by atoms with Gasteiger partial charge in [0.25, 0.3) is 5.91 Å². The normalized spacial score (nSPS) is 9.90. The Morgan fingerprint density at radius 3 is 2.45 bits per heavy atom. The van der Waals surface area contributed by atoms with Crippen molar-refractivity contribution in [1.82, 2.24) is 0 Å². The van der Waals surface area contributed by atoms with Crippen molar-refractivity contribution in [2.45, 2.75) is 0 Å². The lowest BCUT2D eigenvalue weighted by molar-refractivity contribution is 0.102. The van der Waals surface area contributed by atoms with E-state index in [-0.39, 0.29) is 5.02 Å². The van der Waals surface area contributed by atoms with E-state index >= 15 is 0 Å². The average Bonchev–Trinajstić information content (AvgIpc) is 2.42. The fraction of sp³-hybridized carbons (Fsp3) is 0. The molecule has 0 saturated heterocycles. The second-order valence-electron chi connectivity index (χ2n) is 3.88. The van der Waals surface area contributed by atoms with Crippen molar-refractivity contribution in [2.24, 2.45) is 0 Å². The lowest BCUT2D eigenvalue weighted by Gasteiger charge is -2.08. The molecular weight excluding hydrogens is 319 g/mol. The van der Waals surface area contributed by atoms with Crippen LogP contribution in [0.15, 0.2) is 36.4 Å². The zero-order valence-electron chi connectivity index (χ0n) is 9.95. The highest BCUT2D eigenvalue weighted by Gasteiger charge is 2.11. The van der Waals surface area contributed by atoms with E-state index in [0.717, 1.165) is 0 Å². The summed E-state index contributed by atoms with van der Waals surface area (Å²) in [5.74, 6) is -0.401. The summed E-state index contributed by atoms with van der Waals surface area (Å²) in [6, 6.07) is 11.1. The molecule has 0 aliphatic carbocycles. The molecule has 0 aliphatic rings. The zero-order valence-corrected chi connectivity index (χ0v) is 12.2. The number of nitriles is 1. The lowest BCUT2D eigenvalue weighted by atomic mass is 10.1. The monoisotopic (exact) mass is 324 g/mol. The maximum atomic E-state index is 12.1. The van der Waals surface area contributed by atoms with Crippen LogP contribution in [0.5, 0.6) is 0 Å². The third-order valence-corrected chi connectivity index (χ3v) is 3.51. The molecule has 0 unspecified atom stereocenters. The highest BCUT2D eigenvalue weighted by Crippen LogP contribution is 2.24. The van der Waals surface area contributed by atoms with Crippen LogP contribution in [0.3, 0.4) is 0 Å². The fourth-order valence-electron chi connectivity index (χ4n) is 1.55. The molecule has 0 saturated carbocycles. The second-order valence-corrected chi connectivity index (χ2v) is 5.14. The van der Waals surface area contributed by atoms with E-state index in [0.29, 0.717) is 26.9 Å². The van der Waals surface area contributed by atoms with Gasteiger partial charge in [-0.1, -0.05) is 34.8 Å². The standard InChI is InChI=1S/C14H7Cl3N2O/c15-10-3-1-9(7-18)13(6-10)19-14(20)8-2-4-11(16)12(17)5-8/h1-6H,(H,19,20). The molecule has 2 aromatic rings. The van der Waals surface area contributed by atoms with Crippen LogP contribution in [0.4, 0.5) is 5.69 Å². The Bertz CT molecular complexity index is 723. The quantitative estimate of drug-likeness (QED) is 0.864. The van der Waals surface area contributed by atoms with Gasteiger partial charge in [-0.2, -0.15) is 5.26 Å². The van der Waals surface area contributed by atoms with Crippen LogP contribution in [-0.2, 0) is 0 Å². The Morgan fingerprint density at radius 1 is 1.05 bits per heavy atom. The Balaban J connectivity index is 2.30. The highest BCUT2D eigenvalue weighted by atomic mass is 35.5. The Hall–Kier alpha value is -1.73. The molecule has 6 heteroatoms. The van der Waals surface area contributed by atoms with Gasteiger partial charge in [-0.15, -0.1) is 0 Å². The van der Waals surface area contributed by atoms with Gasteiger partial charge in [-0.3, -0.25) is 4.79 Å². The largest absolute Gasteiger partial charge is 0.321 e. The minimum Gasteiger partial charge on any atom is -0.321 e. The number of nitrogens with zero attached hydrogens (tertiary/aromatic N) is 1. The maximum absolute atomic E-state index is 12.1. The Labute approximate surface area is 130 Å². The number of carbonyl (C=O) groups excluding carboxylic acids is 1. The summed E-state index contributed by atoms with van der Waals surface area (Å²) in [7, 11) is 0. The van der Waals surface area contributed by atoms with E-state index in [1.807, 2.05) is 6.07 Å². The van der Waals surface area contributed by atoms with Crippen LogP contribution < -0.4 is 5.32 Å². The minimum absolute atomic E-state index is 0.283. The Morgan fingerprint density at radius 2 is 1.80 bits per heavy atom. The summed E-state index contributed by atoms with van der Waals surface area (Å²) in [6.45, 7) is 0. The maximum Gasteiger partial charge on any atom is 0.255 e. The highest BCUT2D eigenvalue weighted by molar-refractivity contribution is 6.42. The first-order chi connectivity index (χ1) is 9.51. The predicted molar refractivity (Wildman–Crippen MR) is 80.6 cm³/mol. The lowest BCUT2D eigenvalue weighted by Crippen LogP contribution is -2.12. The number of rotatable bonds is 2. The molecule has 3 nitrogen and oxygen atoms in total. The van der Waals surface area contributed by atoms with Gasteiger partial charge in [0.05, 0.1) is 21.3 Å². The van der Waals surface area contributed by atoms with Gasteiger partial charge in [-0.25, -0.2) is 0 Å². The van der Waals surface area contributed by atoms with Gasteiger partial charge in [-0.05, 0) is 36.4 Å². The van der Waals surface area contributed by atoms with Crippen molar-refractivity contribution < 1.29 is 4.79 Å². The molecule has 0 spiro atoms. The zero-order chi connectivity index (χ0) is 14.7. The molecule has 20 heavy (non-hydrogen) atoms. The third-order valence-electron chi connectivity index (χ3n) is 2.53. The van der Waals surface area contributed by atoms with E-state index in [1.54, 1.807) is 12.1 Å². The first kappa shape index (κ1) is 14.7. The van der Waals surface area contributed by atoms with Crippen LogP contribution in [0.1, 0.15) is 15.9 Å². The average molecular weight is 326 g/mol. The number of halogens is 3. The molecule has 0 radical (unpaired) electrons. The molecule has 1 N–H and O–H groups in total. The van der Waals surface area contributed by atoms with Crippen molar-refractivity contribution >= 4 is 46.4 Å². The summed E-state index contributed by atoms with van der Waals surface area (Å²) >= 11 is 17.5. The minimum atomic E-state index is -0.401. The van der Waals surface area contributed by atoms with Crippen molar-refractivity contribution in [2.75, 3.05) is 5.32 Å². The molecule has 2 rings (SSSR count). The number of benzene rings is 2. The van der Waals surface area contributed by atoms with Crippen LogP contribution >= 0.6 is 34.8 Å². The van der Waals surface area contributed by atoms with Crippen LogP contribution in [0.2, 0.25) is 15.1 Å². The molecule has 0 bridgehead atoms. The molecule has 0 aromatic heterocycles. The van der Waals surface area contributed by atoms with Gasteiger partial charge >= 0.3 is 0 Å². The third kappa shape index (κ3) is 3.23. The molecule has 0 fully saturated rings. The van der Waals surface area contributed by atoms with Gasteiger partial charge in [0.1, 0.15) is 6.07 Å². The van der Waals surface area contributed by atoms with E-state index in [1.165, 1.54) is 24.3 Å². The van der Waals surface area contributed by atoms with E-state index < -0.39 is 5.91 Å². The number of nitrogens with one attached hydrogen (secondary N) is 1. The number of anilines is 1. The summed E-state index contributed by atoms with van der Waals surface area (Å²) in [4.78, 5) is 12.1. The van der Waals surface area contributed by atoms with Crippen LogP contribution in [0, 0.1) is 11.3 Å². The number of amides is 1. The molecule has 2 aromatic carbocycles. The fourth-order valence-corrected chi connectivity index (χ4v) is 2.02. The number of hydrogen-bond donors (Lipinski definition) is 1. The van der Waals surface area contributed by atoms with Crippen molar-refractivity contribution in [3.05, 3.63) is 62.6 Å². The van der Waals surface area contributed by atoms with Crippen molar-refractivity contribution in [1.29, 1.82) is 5.26 Å². The predicted octanol–water partition coefficient (Wildman–Crippen LogP) is 4.77. The Kier molecular flexibility index (Phi) is 4.51.